The number of pyridine rings is 1. The first-order chi connectivity index (χ1) is 14.8. The maximum absolute atomic E-state index is 12.4. The highest BCUT2D eigenvalue weighted by Gasteiger charge is 2.24. The Labute approximate surface area is 178 Å². The molecule has 5 rings (SSSR count). The second kappa shape index (κ2) is 8.20. The summed E-state index contributed by atoms with van der Waals surface area (Å²) in [4.78, 5) is 28.4. The number of amides is 1. The molecule has 1 aliphatic rings. The van der Waals surface area contributed by atoms with E-state index in [0.29, 0.717) is 5.82 Å². The Balaban J connectivity index is 1.38. The number of hydrogen-bond donors (Lipinski definition) is 1. The molecule has 0 aliphatic carbocycles. The molecular formula is C23H21N5OS. The summed E-state index contributed by atoms with van der Waals surface area (Å²) in [6.45, 7) is 1.68. The van der Waals surface area contributed by atoms with E-state index in [1.165, 1.54) is 0 Å². The van der Waals surface area contributed by atoms with Crippen molar-refractivity contribution in [1.29, 1.82) is 0 Å². The molecule has 1 saturated heterocycles. The molecule has 1 N–H and O–H groups in total. The summed E-state index contributed by atoms with van der Waals surface area (Å²) in [7, 11) is 0. The van der Waals surface area contributed by atoms with Crippen LogP contribution in [0.15, 0.2) is 65.6 Å². The van der Waals surface area contributed by atoms with Gasteiger partial charge in [0.2, 0.25) is 0 Å². The lowest BCUT2D eigenvalue weighted by molar-refractivity contribution is 0.0931. The molecule has 0 radical (unpaired) electrons. The third kappa shape index (κ3) is 3.76. The van der Waals surface area contributed by atoms with Gasteiger partial charge in [-0.05, 0) is 48.6 Å². The van der Waals surface area contributed by atoms with Crippen molar-refractivity contribution in [1.82, 2.24) is 20.3 Å². The first-order valence-electron chi connectivity index (χ1n) is 10.0. The van der Waals surface area contributed by atoms with Crippen LogP contribution in [-0.2, 0) is 0 Å². The number of piperidine rings is 1. The van der Waals surface area contributed by atoms with Crippen LogP contribution in [0.5, 0.6) is 0 Å². The van der Waals surface area contributed by atoms with E-state index in [0.717, 1.165) is 53.8 Å². The van der Waals surface area contributed by atoms with Crippen molar-refractivity contribution < 1.29 is 4.79 Å². The second-order valence-corrected chi connectivity index (χ2v) is 8.15. The molecule has 0 unspecified atom stereocenters. The van der Waals surface area contributed by atoms with Crippen molar-refractivity contribution in [3.05, 3.63) is 71.2 Å². The monoisotopic (exact) mass is 415 g/mol. The number of carbonyl (C=O) groups is 1. The molecule has 6 nitrogen and oxygen atoms in total. The fourth-order valence-electron chi connectivity index (χ4n) is 3.83. The molecule has 7 heteroatoms. The summed E-state index contributed by atoms with van der Waals surface area (Å²) in [5.74, 6) is 1.68. The van der Waals surface area contributed by atoms with Crippen LogP contribution in [0.3, 0.4) is 0 Å². The van der Waals surface area contributed by atoms with E-state index in [1.54, 1.807) is 23.7 Å². The van der Waals surface area contributed by atoms with Crippen molar-refractivity contribution in [3.63, 3.8) is 0 Å². The number of hydrogen-bond acceptors (Lipinski definition) is 6. The van der Waals surface area contributed by atoms with Gasteiger partial charge in [0.1, 0.15) is 5.82 Å². The van der Waals surface area contributed by atoms with Gasteiger partial charge in [-0.3, -0.25) is 9.78 Å². The molecule has 30 heavy (non-hydrogen) atoms. The zero-order valence-corrected chi connectivity index (χ0v) is 17.2. The van der Waals surface area contributed by atoms with Crippen LogP contribution in [-0.4, -0.2) is 40.0 Å². The van der Waals surface area contributed by atoms with Gasteiger partial charge in [0.05, 0.1) is 5.52 Å². The van der Waals surface area contributed by atoms with Crippen LogP contribution in [0.1, 0.15) is 23.2 Å². The molecule has 0 spiro atoms. The molecule has 1 fully saturated rings. The minimum absolute atomic E-state index is 0.0159. The van der Waals surface area contributed by atoms with Crippen molar-refractivity contribution in [3.8, 4) is 11.4 Å². The van der Waals surface area contributed by atoms with E-state index in [9.17, 15) is 4.79 Å². The Morgan fingerprint density at radius 2 is 1.83 bits per heavy atom. The molecular weight excluding hydrogens is 394 g/mol. The van der Waals surface area contributed by atoms with Gasteiger partial charge in [0, 0.05) is 53.4 Å². The number of benzene rings is 1. The molecule has 0 bridgehead atoms. The molecule has 4 heterocycles. The van der Waals surface area contributed by atoms with Gasteiger partial charge in [-0.1, -0.05) is 12.1 Å². The number of fused-ring (bicyclic) bond motifs is 1. The van der Waals surface area contributed by atoms with E-state index >= 15 is 0 Å². The van der Waals surface area contributed by atoms with Crippen LogP contribution in [0, 0.1) is 0 Å². The summed E-state index contributed by atoms with van der Waals surface area (Å²) >= 11 is 1.54. The van der Waals surface area contributed by atoms with Gasteiger partial charge >= 0.3 is 0 Å². The Morgan fingerprint density at radius 3 is 2.60 bits per heavy atom. The van der Waals surface area contributed by atoms with Crippen LogP contribution in [0.25, 0.3) is 22.3 Å². The highest BCUT2D eigenvalue weighted by molar-refractivity contribution is 7.08. The molecule has 1 amide bonds. The van der Waals surface area contributed by atoms with Gasteiger partial charge in [0.25, 0.3) is 5.91 Å². The SMILES string of the molecule is O=C(NC1CCN(c2nc(-c3ccncc3)nc3ccccc23)CC1)c1ccsc1. The van der Waals surface area contributed by atoms with Crippen LogP contribution < -0.4 is 10.2 Å². The number of anilines is 1. The summed E-state index contributed by atoms with van der Waals surface area (Å²) in [5.41, 5.74) is 2.63. The Bertz CT molecular complexity index is 1150. The first-order valence-corrected chi connectivity index (χ1v) is 11.0. The van der Waals surface area contributed by atoms with E-state index in [2.05, 4.69) is 21.3 Å². The van der Waals surface area contributed by atoms with Crippen molar-refractivity contribution in [2.24, 2.45) is 0 Å². The third-order valence-corrected chi connectivity index (χ3v) is 6.12. The average Bonchev–Trinajstić information content (AvgIpc) is 3.35. The molecule has 150 valence electrons. The smallest absolute Gasteiger partial charge is 0.252 e. The molecule has 1 aromatic carbocycles. The predicted octanol–water partition coefficient (Wildman–Crippen LogP) is 4.15. The fourth-order valence-corrected chi connectivity index (χ4v) is 4.46. The highest BCUT2D eigenvalue weighted by atomic mass is 32.1. The Kier molecular flexibility index (Phi) is 5.11. The van der Waals surface area contributed by atoms with Crippen LogP contribution in [0.4, 0.5) is 5.82 Å². The molecule has 1 aliphatic heterocycles. The Morgan fingerprint density at radius 1 is 1.03 bits per heavy atom. The maximum Gasteiger partial charge on any atom is 0.252 e. The van der Waals surface area contributed by atoms with E-state index in [1.807, 2.05) is 47.2 Å². The minimum atomic E-state index is 0.0159. The summed E-state index contributed by atoms with van der Waals surface area (Å²) in [5, 5.41) is 8.04. The summed E-state index contributed by atoms with van der Waals surface area (Å²) < 4.78 is 0. The predicted molar refractivity (Wildman–Crippen MR) is 120 cm³/mol. The van der Waals surface area contributed by atoms with Crippen LogP contribution in [0.2, 0.25) is 0 Å². The van der Waals surface area contributed by atoms with Crippen LogP contribution >= 0.6 is 11.3 Å². The summed E-state index contributed by atoms with van der Waals surface area (Å²) in [6.07, 6.45) is 5.29. The number of para-hydroxylation sites is 1. The van der Waals surface area contributed by atoms with E-state index < -0.39 is 0 Å². The number of nitrogens with zero attached hydrogens (tertiary/aromatic N) is 4. The molecule has 0 saturated carbocycles. The molecule has 3 aromatic heterocycles. The zero-order valence-electron chi connectivity index (χ0n) is 16.4. The summed E-state index contributed by atoms with van der Waals surface area (Å²) in [6, 6.07) is 14.0. The lowest BCUT2D eigenvalue weighted by Gasteiger charge is -2.33. The highest BCUT2D eigenvalue weighted by Crippen LogP contribution is 2.29. The average molecular weight is 416 g/mol. The standard InChI is InChI=1S/C23H21N5OS/c29-23(17-9-14-30-15-17)25-18-7-12-28(13-8-18)22-19-3-1-2-4-20(19)26-21(27-22)16-5-10-24-11-6-16/h1-6,9-11,14-15,18H,7-8,12-13H2,(H,25,29). The van der Waals surface area contributed by atoms with Crippen molar-refractivity contribution >= 4 is 34.0 Å². The van der Waals surface area contributed by atoms with Gasteiger partial charge in [-0.15, -0.1) is 0 Å². The molecule has 4 aromatic rings. The second-order valence-electron chi connectivity index (χ2n) is 7.37. The van der Waals surface area contributed by atoms with Crippen molar-refractivity contribution in [2.75, 3.05) is 18.0 Å². The van der Waals surface area contributed by atoms with Gasteiger partial charge < -0.3 is 10.2 Å². The van der Waals surface area contributed by atoms with E-state index in [4.69, 9.17) is 9.97 Å². The number of carbonyl (C=O) groups excluding carboxylic acids is 1. The normalized spacial score (nSPS) is 14.7. The quantitative estimate of drug-likeness (QED) is 0.542. The largest absolute Gasteiger partial charge is 0.356 e. The topological polar surface area (TPSA) is 71.0 Å². The number of rotatable bonds is 4. The van der Waals surface area contributed by atoms with Gasteiger partial charge in [0.15, 0.2) is 5.82 Å². The minimum Gasteiger partial charge on any atom is -0.356 e. The van der Waals surface area contributed by atoms with Crippen molar-refractivity contribution in [2.45, 2.75) is 18.9 Å². The zero-order chi connectivity index (χ0) is 20.3. The lowest BCUT2D eigenvalue weighted by Crippen LogP contribution is -2.45. The maximum atomic E-state index is 12.4. The van der Waals surface area contributed by atoms with Gasteiger partial charge in [-0.2, -0.15) is 11.3 Å². The molecule has 0 atom stereocenters. The van der Waals surface area contributed by atoms with E-state index in [-0.39, 0.29) is 11.9 Å². The van der Waals surface area contributed by atoms with Gasteiger partial charge in [-0.25, -0.2) is 9.97 Å². The Hall–Kier alpha value is -3.32. The first kappa shape index (κ1) is 18.7. The number of nitrogens with one attached hydrogen (secondary N) is 1. The third-order valence-electron chi connectivity index (χ3n) is 5.43. The number of aromatic nitrogens is 3. The fraction of sp³-hybridized carbons (Fsp3) is 0.217. The number of thiophene rings is 1. The lowest BCUT2D eigenvalue weighted by atomic mass is 10.0.